The van der Waals surface area contributed by atoms with E-state index in [0.29, 0.717) is 0 Å². The lowest BCUT2D eigenvalue weighted by atomic mass is 10.2. The number of likely N-dealkylation sites (N-methyl/N-ethyl adjacent to an activating group) is 1. The monoisotopic (exact) mass is 259 g/mol. The van der Waals surface area contributed by atoms with E-state index >= 15 is 0 Å². The van der Waals surface area contributed by atoms with Crippen LogP contribution in [0.1, 0.15) is 5.01 Å². The van der Waals surface area contributed by atoms with E-state index in [9.17, 15) is 0 Å². The Morgan fingerprint density at radius 3 is 3.00 bits per heavy atom. The van der Waals surface area contributed by atoms with Crippen molar-refractivity contribution in [3.63, 3.8) is 0 Å². The van der Waals surface area contributed by atoms with Crippen LogP contribution in [0.15, 0.2) is 34.7 Å². The van der Waals surface area contributed by atoms with Crippen molar-refractivity contribution in [2.24, 2.45) is 0 Å². The van der Waals surface area contributed by atoms with Crippen LogP contribution in [-0.4, -0.2) is 23.8 Å². The van der Waals surface area contributed by atoms with E-state index in [0.717, 1.165) is 39.7 Å². The van der Waals surface area contributed by atoms with Gasteiger partial charge in [0.25, 0.3) is 0 Å². The van der Waals surface area contributed by atoms with Crippen LogP contribution < -0.4 is 5.32 Å². The molecule has 0 spiro atoms. The molecule has 0 aliphatic carbocycles. The second-order valence-corrected chi connectivity index (χ2v) is 5.07. The molecule has 0 radical (unpaired) electrons. The molecule has 0 saturated heterocycles. The third kappa shape index (κ3) is 2.14. The van der Waals surface area contributed by atoms with Crippen molar-refractivity contribution in [2.75, 3.05) is 13.6 Å². The van der Waals surface area contributed by atoms with Gasteiger partial charge in [-0.15, -0.1) is 10.2 Å². The van der Waals surface area contributed by atoms with Crippen LogP contribution in [-0.2, 0) is 6.42 Å². The number of benzene rings is 1. The zero-order chi connectivity index (χ0) is 12.4. The number of furan rings is 1. The first-order valence-corrected chi connectivity index (χ1v) is 6.64. The summed E-state index contributed by atoms with van der Waals surface area (Å²) < 4.78 is 5.76. The maximum absolute atomic E-state index is 5.76. The molecular weight excluding hydrogens is 246 g/mol. The second kappa shape index (κ2) is 4.88. The fraction of sp³-hybridized carbons (Fsp3) is 0.231. The molecule has 1 aromatic carbocycles. The Hall–Kier alpha value is -1.72. The Balaban J connectivity index is 1.91. The maximum Gasteiger partial charge on any atom is 0.183 e. The van der Waals surface area contributed by atoms with Gasteiger partial charge in [-0.3, -0.25) is 0 Å². The standard InChI is InChI=1S/C13H13N3OS/c1-14-7-6-12-15-16-13(18-12)11-8-9-4-2-3-5-10(9)17-11/h2-5,8,14H,6-7H2,1H3. The number of nitrogens with one attached hydrogen (secondary N) is 1. The number of fused-ring (bicyclic) bond motifs is 1. The molecule has 3 aromatic rings. The van der Waals surface area contributed by atoms with Crippen molar-refractivity contribution in [3.8, 4) is 10.8 Å². The van der Waals surface area contributed by atoms with Crippen LogP contribution >= 0.6 is 11.3 Å². The van der Waals surface area contributed by atoms with Crippen LogP contribution in [0.5, 0.6) is 0 Å². The van der Waals surface area contributed by atoms with E-state index in [1.807, 2.05) is 37.4 Å². The number of nitrogens with zero attached hydrogens (tertiary/aromatic N) is 2. The Labute approximate surface area is 109 Å². The highest BCUT2D eigenvalue weighted by atomic mass is 32.1. The maximum atomic E-state index is 5.76. The van der Waals surface area contributed by atoms with Gasteiger partial charge in [-0.05, 0) is 19.2 Å². The third-order valence-corrected chi connectivity index (χ3v) is 3.69. The fourth-order valence-corrected chi connectivity index (χ4v) is 2.57. The molecule has 0 atom stereocenters. The van der Waals surface area contributed by atoms with Gasteiger partial charge in [-0.2, -0.15) is 0 Å². The minimum absolute atomic E-state index is 0.796. The smallest absolute Gasteiger partial charge is 0.183 e. The van der Waals surface area contributed by atoms with Gasteiger partial charge in [0.1, 0.15) is 10.6 Å². The molecule has 1 N–H and O–H groups in total. The lowest BCUT2D eigenvalue weighted by molar-refractivity contribution is 0.629. The molecule has 0 bridgehead atoms. The largest absolute Gasteiger partial charge is 0.453 e. The van der Waals surface area contributed by atoms with Gasteiger partial charge in [-0.1, -0.05) is 29.5 Å². The molecule has 0 fully saturated rings. The first kappa shape index (κ1) is 11.4. The van der Waals surface area contributed by atoms with Gasteiger partial charge in [0.15, 0.2) is 10.8 Å². The summed E-state index contributed by atoms with van der Waals surface area (Å²) in [4.78, 5) is 0. The highest BCUT2D eigenvalue weighted by Gasteiger charge is 2.11. The topological polar surface area (TPSA) is 51.0 Å². The number of hydrogen-bond donors (Lipinski definition) is 1. The molecule has 0 saturated carbocycles. The van der Waals surface area contributed by atoms with E-state index in [-0.39, 0.29) is 0 Å². The Morgan fingerprint density at radius 1 is 1.28 bits per heavy atom. The number of hydrogen-bond acceptors (Lipinski definition) is 5. The van der Waals surface area contributed by atoms with Crippen molar-refractivity contribution in [1.82, 2.24) is 15.5 Å². The molecule has 2 heterocycles. The number of aromatic nitrogens is 2. The zero-order valence-corrected chi connectivity index (χ0v) is 10.8. The number of rotatable bonds is 4. The average Bonchev–Trinajstić information content (AvgIpc) is 3.02. The molecule has 3 rings (SSSR count). The van der Waals surface area contributed by atoms with Crippen molar-refractivity contribution >= 4 is 22.3 Å². The van der Waals surface area contributed by atoms with E-state index in [2.05, 4.69) is 15.5 Å². The SMILES string of the molecule is CNCCc1nnc(-c2cc3ccccc3o2)s1. The van der Waals surface area contributed by atoms with Crippen LogP contribution in [0.25, 0.3) is 21.7 Å². The van der Waals surface area contributed by atoms with Gasteiger partial charge in [0.2, 0.25) is 0 Å². The number of para-hydroxylation sites is 1. The molecule has 18 heavy (non-hydrogen) atoms. The molecule has 0 aliphatic rings. The molecule has 5 heteroatoms. The van der Waals surface area contributed by atoms with Gasteiger partial charge in [0.05, 0.1) is 0 Å². The third-order valence-electron chi connectivity index (χ3n) is 2.69. The Kier molecular flexibility index (Phi) is 3.08. The predicted molar refractivity (Wildman–Crippen MR) is 72.7 cm³/mol. The van der Waals surface area contributed by atoms with E-state index in [1.165, 1.54) is 0 Å². The van der Waals surface area contributed by atoms with Gasteiger partial charge < -0.3 is 9.73 Å². The highest BCUT2D eigenvalue weighted by Crippen LogP contribution is 2.29. The highest BCUT2D eigenvalue weighted by molar-refractivity contribution is 7.14. The average molecular weight is 259 g/mol. The fourth-order valence-electron chi connectivity index (χ4n) is 1.77. The summed E-state index contributed by atoms with van der Waals surface area (Å²) in [6, 6.07) is 9.97. The molecule has 4 nitrogen and oxygen atoms in total. The van der Waals surface area contributed by atoms with E-state index < -0.39 is 0 Å². The molecule has 2 aromatic heterocycles. The molecule has 0 unspecified atom stereocenters. The predicted octanol–water partition coefficient (Wildman–Crippen LogP) is 2.71. The van der Waals surface area contributed by atoms with Gasteiger partial charge in [0, 0.05) is 18.4 Å². The van der Waals surface area contributed by atoms with Crippen LogP contribution in [0.2, 0.25) is 0 Å². The minimum atomic E-state index is 0.796. The molecular formula is C13H13N3OS. The van der Waals surface area contributed by atoms with Crippen molar-refractivity contribution in [1.29, 1.82) is 0 Å². The van der Waals surface area contributed by atoms with Crippen LogP contribution in [0, 0.1) is 0 Å². The first-order valence-electron chi connectivity index (χ1n) is 5.83. The zero-order valence-electron chi connectivity index (χ0n) is 10.0. The Morgan fingerprint density at radius 2 is 2.17 bits per heavy atom. The summed E-state index contributed by atoms with van der Waals surface area (Å²) in [5.41, 5.74) is 0.888. The second-order valence-electron chi connectivity index (χ2n) is 4.00. The van der Waals surface area contributed by atoms with E-state index in [4.69, 9.17) is 4.42 Å². The normalized spacial score (nSPS) is 11.2. The Bertz CT molecular complexity index is 626. The quantitative estimate of drug-likeness (QED) is 0.782. The van der Waals surface area contributed by atoms with Crippen molar-refractivity contribution < 1.29 is 4.42 Å². The molecule has 0 aliphatic heterocycles. The minimum Gasteiger partial charge on any atom is -0.453 e. The summed E-state index contributed by atoms with van der Waals surface area (Å²) in [5, 5.41) is 14.4. The van der Waals surface area contributed by atoms with Crippen LogP contribution in [0.3, 0.4) is 0 Å². The molecule has 0 amide bonds. The van der Waals surface area contributed by atoms with Crippen LogP contribution in [0.4, 0.5) is 0 Å². The van der Waals surface area contributed by atoms with Gasteiger partial charge >= 0.3 is 0 Å². The molecule has 92 valence electrons. The van der Waals surface area contributed by atoms with Gasteiger partial charge in [-0.25, -0.2) is 0 Å². The first-order chi connectivity index (χ1) is 8.86. The van der Waals surface area contributed by atoms with E-state index in [1.54, 1.807) is 11.3 Å². The van der Waals surface area contributed by atoms with Crippen molar-refractivity contribution in [3.05, 3.63) is 35.3 Å². The lowest BCUT2D eigenvalue weighted by Gasteiger charge is -1.91. The lowest BCUT2D eigenvalue weighted by Crippen LogP contribution is -2.09. The summed E-state index contributed by atoms with van der Waals surface area (Å²) in [6.07, 6.45) is 0.897. The summed E-state index contributed by atoms with van der Waals surface area (Å²) >= 11 is 1.59. The summed E-state index contributed by atoms with van der Waals surface area (Å²) in [7, 11) is 1.93. The summed E-state index contributed by atoms with van der Waals surface area (Å²) in [6.45, 7) is 0.911. The summed E-state index contributed by atoms with van der Waals surface area (Å²) in [5.74, 6) is 0.796. The van der Waals surface area contributed by atoms with Crippen molar-refractivity contribution in [2.45, 2.75) is 6.42 Å².